The van der Waals surface area contributed by atoms with E-state index >= 15 is 0 Å². The molecule has 14 heavy (non-hydrogen) atoms. The minimum absolute atomic E-state index is 0.0677. The average Bonchev–Trinajstić information content (AvgIpc) is 2.19. The molecule has 0 radical (unpaired) electrons. The van der Waals surface area contributed by atoms with E-state index in [-0.39, 0.29) is 5.75 Å². The molecule has 0 saturated heterocycles. The van der Waals surface area contributed by atoms with Crippen molar-refractivity contribution in [3.8, 4) is 5.75 Å². The van der Waals surface area contributed by atoms with Gasteiger partial charge in [-0.15, -0.1) is 0 Å². The Morgan fingerprint density at radius 3 is 2.57 bits per heavy atom. The summed E-state index contributed by atoms with van der Waals surface area (Å²) in [7, 11) is 0. The van der Waals surface area contributed by atoms with Crippen molar-refractivity contribution in [2.45, 2.75) is 19.3 Å². The number of ether oxygens (including phenoxy) is 1. The standard InChI is InChI=1S/C9H9F2NO2/c1-2-9(10,11)8(13)14-7-3-5-12-6-4-7/h3-6H,2H2,1H3. The number of hydrogen-bond donors (Lipinski definition) is 0. The fourth-order valence-electron chi connectivity index (χ4n) is 0.732. The second-order valence-corrected chi connectivity index (χ2v) is 2.63. The number of carbonyl (C=O) groups excluding carboxylic acids is 1. The van der Waals surface area contributed by atoms with Crippen LogP contribution in [0.5, 0.6) is 5.75 Å². The minimum Gasteiger partial charge on any atom is -0.422 e. The van der Waals surface area contributed by atoms with Crippen molar-refractivity contribution >= 4 is 5.97 Å². The van der Waals surface area contributed by atoms with E-state index in [9.17, 15) is 13.6 Å². The Bertz CT molecular complexity index is 314. The zero-order valence-electron chi connectivity index (χ0n) is 7.54. The molecule has 76 valence electrons. The number of alkyl halides is 2. The molecule has 3 nitrogen and oxygen atoms in total. The van der Waals surface area contributed by atoms with Crippen LogP contribution in [0, 0.1) is 0 Å². The van der Waals surface area contributed by atoms with Crippen LogP contribution in [-0.2, 0) is 4.79 Å². The van der Waals surface area contributed by atoms with E-state index < -0.39 is 18.3 Å². The van der Waals surface area contributed by atoms with E-state index in [1.54, 1.807) is 0 Å². The number of esters is 1. The fraction of sp³-hybridized carbons (Fsp3) is 0.333. The van der Waals surface area contributed by atoms with Crippen molar-refractivity contribution in [3.05, 3.63) is 24.5 Å². The van der Waals surface area contributed by atoms with Crippen LogP contribution < -0.4 is 4.74 Å². The van der Waals surface area contributed by atoms with E-state index in [2.05, 4.69) is 9.72 Å². The van der Waals surface area contributed by atoms with Crippen molar-refractivity contribution in [2.24, 2.45) is 0 Å². The van der Waals surface area contributed by atoms with E-state index in [4.69, 9.17) is 0 Å². The van der Waals surface area contributed by atoms with Gasteiger partial charge in [-0.1, -0.05) is 6.92 Å². The molecule has 0 unspecified atom stereocenters. The second kappa shape index (κ2) is 4.13. The molecule has 0 fully saturated rings. The zero-order chi connectivity index (χ0) is 10.6. The van der Waals surface area contributed by atoms with Crippen LogP contribution in [0.1, 0.15) is 13.3 Å². The molecule has 1 heterocycles. The number of aromatic nitrogens is 1. The number of hydrogen-bond acceptors (Lipinski definition) is 3. The van der Waals surface area contributed by atoms with E-state index in [1.165, 1.54) is 31.5 Å². The molecule has 0 amide bonds. The SMILES string of the molecule is CCC(F)(F)C(=O)Oc1ccncc1. The van der Waals surface area contributed by atoms with Crippen molar-refractivity contribution in [1.29, 1.82) is 0 Å². The first kappa shape index (κ1) is 10.6. The summed E-state index contributed by atoms with van der Waals surface area (Å²) in [6, 6.07) is 2.67. The molecular formula is C9H9F2NO2. The number of nitrogens with zero attached hydrogens (tertiary/aromatic N) is 1. The lowest BCUT2D eigenvalue weighted by Crippen LogP contribution is -2.32. The topological polar surface area (TPSA) is 39.2 Å². The van der Waals surface area contributed by atoms with Gasteiger partial charge in [0.2, 0.25) is 0 Å². The minimum atomic E-state index is -3.43. The Morgan fingerprint density at radius 2 is 2.07 bits per heavy atom. The van der Waals surface area contributed by atoms with Crippen molar-refractivity contribution in [1.82, 2.24) is 4.98 Å². The van der Waals surface area contributed by atoms with Gasteiger partial charge in [0.1, 0.15) is 5.75 Å². The van der Waals surface area contributed by atoms with Crippen molar-refractivity contribution in [2.75, 3.05) is 0 Å². The molecular weight excluding hydrogens is 192 g/mol. The molecule has 1 aromatic heterocycles. The quantitative estimate of drug-likeness (QED) is 0.702. The summed E-state index contributed by atoms with van der Waals surface area (Å²) >= 11 is 0. The molecule has 0 aliphatic heterocycles. The largest absolute Gasteiger partial charge is 0.422 e. The smallest absolute Gasteiger partial charge is 0.382 e. The molecule has 0 N–H and O–H groups in total. The first-order chi connectivity index (χ1) is 6.56. The molecule has 0 saturated carbocycles. The first-order valence-electron chi connectivity index (χ1n) is 4.06. The van der Waals surface area contributed by atoms with Gasteiger partial charge < -0.3 is 4.74 Å². The van der Waals surface area contributed by atoms with Gasteiger partial charge in [-0.25, -0.2) is 4.79 Å². The Hall–Kier alpha value is -1.52. The van der Waals surface area contributed by atoms with Crippen LogP contribution in [0.3, 0.4) is 0 Å². The van der Waals surface area contributed by atoms with Gasteiger partial charge >= 0.3 is 11.9 Å². The maximum Gasteiger partial charge on any atom is 0.382 e. The normalized spacial score (nSPS) is 11.1. The maximum atomic E-state index is 12.7. The molecule has 1 rings (SSSR count). The zero-order valence-corrected chi connectivity index (χ0v) is 7.54. The summed E-state index contributed by atoms with van der Waals surface area (Å²) in [4.78, 5) is 14.5. The van der Waals surface area contributed by atoms with Gasteiger partial charge in [-0.3, -0.25) is 4.98 Å². The highest BCUT2D eigenvalue weighted by molar-refractivity contribution is 5.79. The van der Waals surface area contributed by atoms with E-state index in [0.29, 0.717) is 0 Å². The molecule has 0 spiro atoms. The molecule has 0 aliphatic carbocycles. The summed E-state index contributed by atoms with van der Waals surface area (Å²) in [6.45, 7) is 1.22. The number of rotatable bonds is 3. The summed E-state index contributed by atoms with van der Waals surface area (Å²) in [5.74, 6) is -4.90. The number of halogens is 2. The Labute approximate surface area is 79.7 Å². The summed E-state index contributed by atoms with van der Waals surface area (Å²) in [5, 5.41) is 0. The summed E-state index contributed by atoms with van der Waals surface area (Å²) < 4.78 is 29.9. The van der Waals surface area contributed by atoms with Gasteiger partial charge in [-0.2, -0.15) is 8.78 Å². The second-order valence-electron chi connectivity index (χ2n) is 2.63. The molecule has 0 atom stereocenters. The Kier molecular flexibility index (Phi) is 3.11. The third-order valence-electron chi connectivity index (χ3n) is 1.60. The summed E-state index contributed by atoms with van der Waals surface area (Å²) in [5.41, 5.74) is 0. The molecule has 0 bridgehead atoms. The van der Waals surface area contributed by atoms with Crippen LogP contribution in [0.2, 0.25) is 0 Å². The fourth-order valence-corrected chi connectivity index (χ4v) is 0.732. The highest BCUT2D eigenvalue weighted by Gasteiger charge is 2.38. The van der Waals surface area contributed by atoms with Gasteiger partial charge in [0.15, 0.2) is 0 Å². The van der Waals surface area contributed by atoms with Crippen LogP contribution in [0.15, 0.2) is 24.5 Å². The highest BCUT2D eigenvalue weighted by atomic mass is 19.3. The Morgan fingerprint density at radius 1 is 1.50 bits per heavy atom. The van der Waals surface area contributed by atoms with Crippen LogP contribution in [0.4, 0.5) is 8.78 Å². The summed E-state index contributed by atoms with van der Waals surface area (Å²) in [6.07, 6.45) is 2.14. The van der Waals surface area contributed by atoms with E-state index in [0.717, 1.165) is 0 Å². The third kappa shape index (κ3) is 2.48. The van der Waals surface area contributed by atoms with Crippen LogP contribution in [0.25, 0.3) is 0 Å². The van der Waals surface area contributed by atoms with Gasteiger partial charge in [-0.05, 0) is 12.1 Å². The monoisotopic (exact) mass is 201 g/mol. The van der Waals surface area contributed by atoms with Crippen LogP contribution in [-0.4, -0.2) is 16.9 Å². The van der Waals surface area contributed by atoms with Crippen LogP contribution >= 0.6 is 0 Å². The predicted molar refractivity (Wildman–Crippen MR) is 45.1 cm³/mol. The average molecular weight is 201 g/mol. The highest BCUT2D eigenvalue weighted by Crippen LogP contribution is 2.21. The molecule has 0 aliphatic rings. The van der Waals surface area contributed by atoms with Crippen molar-refractivity contribution < 1.29 is 18.3 Å². The predicted octanol–water partition coefficient (Wildman–Crippen LogP) is 2.03. The maximum absolute atomic E-state index is 12.7. The lowest BCUT2D eigenvalue weighted by atomic mass is 10.3. The number of carbonyl (C=O) groups is 1. The van der Waals surface area contributed by atoms with Gasteiger partial charge in [0.25, 0.3) is 0 Å². The first-order valence-corrected chi connectivity index (χ1v) is 4.06. The van der Waals surface area contributed by atoms with Gasteiger partial charge in [0.05, 0.1) is 0 Å². The Balaban J connectivity index is 2.67. The molecule has 1 aromatic rings. The van der Waals surface area contributed by atoms with Gasteiger partial charge in [0, 0.05) is 18.8 Å². The lowest BCUT2D eigenvalue weighted by molar-refractivity contribution is -0.161. The van der Waals surface area contributed by atoms with E-state index in [1.807, 2.05) is 0 Å². The molecule has 0 aromatic carbocycles. The number of pyridine rings is 1. The third-order valence-corrected chi connectivity index (χ3v) is 1.60. The lowest BCUT2D eigenvalue weighted by Gasteiger charge is -2.11. The van der Waals surface area contributed by atoms with Crippen molar-refractivity contribution in [3.63, 3.8) is 0 Å². The molecule has 5 heteroatoms.